The van der Waals surface area contributed by atoms with Gasteiger partial charge in [-0.25, -0.2) is 0 Å². The molecule has 1 saturated heterocycles. The van der Waals surface area contributed by atoms with E-state index in [2.05, 4.69) is 4.90 Å². The van der Waals surface area contributed by atoms with Crippen molar-refractivity contribution < 1.29 is 14.8 Å². The molecule has 2 fully saturated rings. The number of hydrogen-bond donors (Lipinski definition) is 1. The Morgan fingerprint density at radius 3 is 2.76 bits per heavy atom. The monoisotopic (exact) mass is 290 g/mol. The van der Waals surface area contributed by atoms with Crippen molar-refractivity contribution in [2.45, 2.75) is 25.9 Å². The molecule has 0 amide bonds. The molecule has 6 heteroatoms. The molecule has 0 spiro atoms. The zero-order chi connectivity index (χ0) is 15.1. The minimum Gasteiger partial charge on any atom is -0.393 e. The van der Waals surface area contributed by atoms with E-state index in [0.717, 1.165) is 31.6 Å². The normalized spacial score (nSPS) is 27.7. The number of hydrogen-bond acceptors (Lipinski definition) is 5. The molecule has 0 radical (unpaired) electrons. The maximum atomic E-state index is 11.5. The molecular weight excluding hydrogens is 272 g/mol. The van der Waals surface area contributed by atoms with Crippen LogP contribution in [0, 0.1) is 22.0 Å². The van der Waals surface area contributed by atoms with Gasteiger partial charge in [-0.15, -0.1) is 0 Å². The number of nitrogens with zero attached hydrogens (tertiary/aromatic N) is 2. The molecule has 2 aliphatic rings. The Morgan fingerprint density at radius 1 is 1.38 bits per heavy atom. The van der Waals surface area contributed by atoms with Crippen LogP contribution in [0.1, 0.15) is 30.1 Å². The van der Waals surface area contributed by atoms with Crippen LogP contribution in [0.5, 0.6) is 0 Å². The van der Waals surface area contributed by atoms with Gasteiger partial charge in [-0.3, -0.25) is 14.9 Å². The second-order valence-electron chi connectivity index (χ2n) is 5.99. The van der Waals surface area contributed by atoms with Crippen LogP contribution in [0.3, 0.4) is 0 Å². The Labute approximate surface area is 122 Å². The van der Waals surface area contributed by atoms with Crippen molar-refractivity contribution in [2.24, 2.45) is 11.8 Å². The molecule has 1 N–H and O–H groups in total. The van der Waals surface area contributed by atoms with E-state index in [1.54, 1.807) is 6.07 Å². The van der Waals surface area contributed by atoms with E-state index in [4.69, 9.17) is 0 Å². The lowest BCUT2D eigenvalue weighted by atomic mass is 10.00. The number of nitro groups is 1. The van der Waals surface area contributed by atoms with Gasteiger partial charge in [0.2, 0.25) is 0 Å². The van der Waals surface area contributed by atoms with Crippen molar-refractivity contribution in [2.75, 3.05) is 18.0 Å². The van der Waals surface area contributed by atoms with Crippen LogP contribution in [0.2, 0.25) is 0 Å². The lowest BCUT2D eigenvalue weighted by molar-refractivity contribution is -0.385. The van der Waals surface area contributed by atoms with Crippen LogP contribution in [0.15, 0.2) is 18.2 Å². The molecule has 1 heterocycles. The van der Waals surface area contributed by atoms with Crippen LogP contribution in [0.25, 0.3) is 0 Å². The SMILES string of the molecule is CC(=O)c1ccc(N2CC3CCC(O)C3C2)cc1[N+](=O)[O-]. The molecule has 112 valence electrons. The Kier molecular flexibility index (Phi) is 3.41. The first kappa shape index (κ1) is 14.0. The van der Waals surface area contributed by atoms with E-state index in [9.17, 15) is 20.0 Å². The van der Waals surface area contributed by atoms with Gasteiger partial charge in [0.05, 0.1) is 16.6 Å². The maximum Gasteiger partial charge on any atom is 0.282 e. The third kappa shape index (κ3) is 2.40. The topological polar surface area (TPSA) is 83.7 Å². The molecule has 1 saturated carbocycles. The number of carbonyl (C=O) groups excluding carboxylic acids is 1. The highest BCUT2D eigenvalue weighted by atomic mass is 16.6. The summed E-state index contributed by atoms with van der Waals surface area (Å²) in [4.78, 5) is 24.2. The first-order valence-electron chi connectivity index (χ1n) is 7.19. The summed E-state index contributed by atoms with van der Waals surface area (Å²) in [6, 6.07) is 4.77. The molecule has 1 aliphatic carbocycles. The molecule has 6 nitrogen and oxygen atoms in total. The molecular formula is C15H18N2O4. The van der Waals surface area contributed by atoms with Crippen molar-refractivity contribution in [3.63, 3.8) is 0 Å². The average Bonchev–Trinajstić information content (AvgIpc) is 3.00. The van der Waals surface area contributed by atoms with Crippen LogP contribution in [-0.4, -0.2) is 35.0 Å². The Balaban J connectivity index is 1.89. The second kappa shape index (κ2) is 5.11. The van der Waals surface area contributed by atoms with Gasteiger partial charge in [-0.1, -0.05) is 0 Å². The van der Waals surface area contributed by atoms with E-state index >= 15 is 0 Å². The fourth-order valence-electron chi connectivity index (χ4n) is 3.61. The molecule has 1 aliphatic heterocycles. The number of benzene rings is 1. The predicted octanol–water partition coefficient (Wildman–Crippen LogP) is 2.00. The standard InChI is InChI=1S/C15H18N2O4/c1-9(18)12-4-3-11(6-14(12)17(20)21)16-7-10-2-5-15(19)13(10)8-16/h3-4,6,10,13,15,19H,2,5,7-8H2,1H3. The first-order valence-corrected chi connectivity index (χ1v) is 7.19. The summed E-state index contributed by atoms with van der Waals surface area (Å²) < 4.78 is 0. The largest absolute Gasteiger partial charge is 0.393 e. The summed E-state index contributed by atoms with van der Waals surface area (Å²) in [6.45, 7) is 2.87. The molecule has 3 rings (SSSR count). The third-order valence-electron chi connectivity index (χ3n) is 4.74. The van der Waals surface area contributed by atoms with E-state index < -0.39 is 4.92 Å². The highest BCUT2D eigenvalue weighted by molar-refractivity contribution is 5.98. The number of carbonyl (C=O) groups is 1. The molecule has 1 aromatic carbocycles. The fraction of sp³-hybridized carbons (Fsp3) is 0.533. The second-order valence-corrected chi connectivity index (χ2v) is 5.99. The number of aliphatic hydroxyl groups is 1. The zero-order valence-electron chi connectivity index (χ0n) is 11.9. The highest BCUT2D eigenvalue weighted by Gasteiger charge is 2.42. The number of fused-ring (bicyclic) bond motifs is 1. The highest BCUT2D eigenvalue weighted by Crippen LogP contribution is 2.40. The third-order valence-corrected chi connectivity index (χ3v) is 4.74. The Hall–Kier alpha value is -1.95. The number of anilines is 1. The van der Waals surface area contributed by atoms with E-state index in [1.807, 2.05) is 0 Å². The van der Waals surface area contributed by atoms with Crippen molar-refractivity contribution in [3.8, 4) is 0 Å². The van der Waals surface area contributed by atoms with Crippen molar-refractivity contribution in [1.29, 1.82) is 0 Å². The minimum atomic E-state index is -0.508. The number of ketones is 1. The molecule has 3 unspecified atom stereocenters. The Bertz CT molecular complexity index is 601. The summed E-state index contributed by atoms with van der Waals surface area (Å²) in [7, 11) is 0. The number of rotatable bonds is 3. The van der Waals surface area contributed by atoms with Crippen LogP contribution < -0.4 is 4.90 Å². The zero-order valence-corrected chi connectivity index (χ0v) is 11.9. The summed E-state index contributed by atoms with van der Waals surface area (Å²) in [6.07, 6.45) is 1.61. The van der Waals surface area contributed by atoms with Gasteiger partial charge in [0, 0.05) is 30.8 Å². The van der Waals surface area contributed by atoms with Crippen LogP contribution in [-0.2, 0) is 0 Å². The van der Waals surface area contributed by atoms with Crippen molar-refractivity contribution in [1.82, 2.24) is 0 Å². The maximum absolute atomic E-state index is 11.5. The average molecular weight is 290 g/mol. The lowest BCUT2D eigenvalue weighted by Gasteiger charge is -2.20. The summed E-state index contributed by atoms with van der Waals surface area (Å²) in [5, 5.41) is 21.1. The van der Waals surface area contributed by atoms with Gasteiger partial charge < -0.3 is 10.0 Å². The fourth-order valence-corrected chi connectivity index (χ4v) is 3.61. The van der Waals surface area contributed by atoms with Gasteiger partial charge in [0.15, 0.2) is 5.78 Å². The number of nitro benzene ring substituents is 1. The lowest BCUT2D eigenvalue weighted by Crippen LogP contribution is -2.24. The number of Topliss-reactive ketones (excluding diaryl/α,β-unsaturated/α-hetero) is 1. The Morgan fingerprint density at radius 2 is 2.14 bits per heavy atom. The smallest absolute Gasteiger partial charge is 0.282 e. The van der Waals surface area contributed by atoms with E-state index in [-0.39, 0.29) is 29.1 Å². The van der Waals surface area contributed by atoms with E-state index in [1.165, 1.54) is 19.1 Å². The van der Waals surface area contributed by atoms with Crippen molar-refractivity contribution >= 4 is 17.2 Å². The van der Waals surface area contributed by atoms with E-state index in [0.29, 0.717) is 5.92 Å². The molecule has 3 atom stereocenters. The van der Waals surface area contributed by atoms with Crippen LogP contribution in [0.4, 0.5) is 11.4 Å². The quantitative estimate of drug-likeness (QED) is 0.523. The van der Waals surface area contributed by atoms with Crippen LogP contribution >= 0.6 is 0 Å². The number of aliphatic hydroxyl groups excluding tert-OH is 1. The van der Waals surface area contributed by atoms with Gasteiger partial charge in [-0.2, -0.15) is 0 Å². The van der Waals surface area contributed by atoms with Gasteiger partial charge >= 0.3 is 0 Å². The predicted molar refractivity (Wildman–Crippen MR) is 77.5 cm³/mol. The van der Waals surface area contributed by atoms with Gasteiger partial charge in [0.1, 0.15) is 0 Å². The van der Waals surface area contributed by atoms with Gasteiger partial charge in [-0.05, 0) is 37.8 Å². The summed E-state index contributed by atoms with van der Waals surface area (Å²) >= 11 is 0. The molecule has 0 aromatic heterocycles. The molecule has 21 heavy (non-hydrogen) atoms. The summed E-state index contributed by atoms with van der Waals surface area (Å²) in [5.41, 5.74) is 0.758. The van der Waals surface area contributed by atoms with Crippen molar-refractivity contribution in [3.05, 3.63) is 33.9 Å². The summed E-state index contributed by atoms with van der Waals surface area (Å²) in [5.74, 6) is 0.421. The molecule has 1 aromatic rings. The molecule has 0 bridgehead atoms. The van der Waals surface area contributed by atoms with Gasteiger partial charge in [0.25, 0.3) is 5.69 Å². The first-order chi connectivity index (χ1) is 9.97. The minimum absolute atomic E-state index is 0.141.